The monoisotopic (exact) mass is 332 g/mol. The van der Waals surface area contributed by atoms with Gasteiger partial charge in [0.15, 0.2) is 0 Å². The summed E-state index contributed by atoms with van der Waals surface area (Å²) < 4.78 is 0. The third kappa shape index (κ3) is 3.18. The maximum atomic E-state index is 12.5. The molecule has 2 fully saturated rings. The van der Waals surface area contributed by atoms with E-state index in [1.807, 2.05) is 30.3 Å². The van der Waals surface area contributed by atoms with Crippen molar-refractivity contribution in [2.75, 3.05) is 6.54 Å². The number of carbonyl (C=O) groups excluding carboxylic acids is 2. The zero-order chi connectivity index (χ0) is 17.1. The number of carbonyl (C=O) groups is 2. The molecule has 0 aliphatic carbocycles. The minimum atomic E-state index is -0.573. The van der Waals surface area contributed by atoms with Crippen LogP contribution in [0.15, 0.2) is 35.5 Å². The summed E-state index contributed by atoms with van der Waals surface area (Å²) in [6.07, 6.45) is 1.23. The minimum Gasteiger partial charge on any atom is -0.409 e. The lowest BCUT2D eigenvalue weighted by Gasteiger charge is -2.29. The normalized spacial score (nSPS) is 23.5. The second kappa shape index (κ2) is 6.88. The molecule has 0 aromatic heterocycles. The SMILES string of the molecule is CC(=NO)NC(=O)[C@@H]1CC[C@@H]2CN1C(=O)N2OCc1ccccc1. The Morgan fingerprint density at radius 2 is 2.12 bits per heavy atom. The Balaban J connectivity index is 1.63. The maximum Gasteiger partial charge on any atom is 0.345 e. The molecule has 2 bridgehead atoms. The van der Waals surface area contributed by atoms with Gasteiger partial charge in [0.2, 0.25) is 5.91 Å². The molecule has 2 atom stereocenters. The van der Waals surface area contributed by atoms with Gasteiger partial charge in [-0.25, -0.2) is 4.79 Å². The number of oxime groups is 1. The summed E-state index contributed by atoms with van der Waals surface area (Å²) in [6, 6.07) is 8.70. The number of hydroxylamine groups is 2. The summed E-state index contributed by atoms with van der Waals surface area (Å²) in [7, 11) is 0. The number of benzene rings is 1. The first-order chi connectivity index (χ1) is 11.6. The molecule has 8 nitrogen and oxygen atoms in total. The minimum absolute atomic E-state index is 0.0436. The highest BCUT2D eigenvalue weighted by Gasteiger charge is 2.47. The van der Waals surface area contributed by atoms with Gasteiger partial charge < -0.3 is 15.4 Å². The van der Waals surface area contributed by atoms with Crippen molar-refractivity contribution in [2.24, 2.45) is 5.16 Å². The fourth-order valence-electron chi connectivity index (χ4n) is 3.08. The van der Waals surface area contributed by atoms with Crippen molar-refractivity contribution >= 4 is 17.8 Å². The molecular formula is C16H20N4O4. The van der Waals surface area contributed by atoms with Crippen LogP contribution in [0.2, 0.25) is 0 Å². The van der Waals surface area contributed by atoms with E-state index >= 15 is 0 Å². The molecule has 2 saturated heterocycles. The Bertz CT molecular complexity index is 649. The Morgan fingerprint density at radius 3 is 2.83 bits per heavy atom. The molecular weight excluding hydrogens is 312 g/mol. The zero-order valence-electron chi connectivity index (χ0n) is 13.4. The Labute approximate surface area is 139 Å². The third-order valence-corrected chi connectivity index (χ3v) is 4.29. The van der Waals surface area contributed by atoms with Gasteiger partial charge in [-0.05, 0) is 25.3 Å². The maximum absolute atomic E-state index is 12.5. The highest BCUT2D eigenvalue weighted by molar-refractivity contribution is 6.00. The molecule has 2 aliphatic rings. The van der Waals surface area contributed by atoms with Crippen LogP contribution >= 0.6 is 0 Å². The number of hydrogen-bond donors (Lipinski definition) is 2. The van der Waals surface area contributed by atoms with Crippen LogP contribution in [0.1, 0.15) is 25.3 Å². The number of rotatable bonds is 4. The lowest BCUT2D eigenvalue weighted by Crippen LogP contribution is -2.50. The molecule has 0 spiro atoms. The number of hydrogen-bond acceptors (Lipinski definition) is 5. The number of piperidine rings is 1. The van der Waals surface area contributed by atoms with Crippen LogP contribution in [-0.4, -0.2) is 51.6 Å². The third-order valence-electron chi connectivity index (χ3n) is 4.29. The highest BCUT2D eigenvalue weighted by Crippen LogP contribution is 2.30. The lowest BCUT2D eigenvalue weighted by molar-refractivity contribution is -0.140. The van der Waals surface area contributed by atoms with Gasteiger partial charge in [0.25, 0.3) is 0 Å². The van der Waals surface area contributed by atoms with Crippen LogP contribution in [0, 0.1) is 0 Å². The van der Waals surface area contributed by atoms with Crippen molar-refractivity contribution in [3.05, 3.63) is 35.9 Å². The summed E-state index contributed by atoms with van der Waals surface area (Å²) >= 11 is 0. The molecule has 8 heteroatoms. The second-order valence-electron chi connectivity index (χ2n) is 5.94. The van der Waals surface area contributed by atoms with Gasteiger partial charge in [0.05, 0.1) is 6.04 Å². The summed E-state index contributed by atoms with van der Waals surface area (Å²) in [6.45, 7) is 2.25. The average molecular weight is 332 g/mol. The second-order valence-corrected chi connectivity index (χ2v) is 5.94. The molecule has 0 unspecified atom stereocenters. The highest BCUT2D eigenvalue weighted by atomic mass is 16.7. The lowest BCUT2D eigenvalue weighted by atomic mass is 10.0. The Morgan fingerprint density at radius 1 is 1.38 bits per heavy atom. The number of nitrogens with zero attached hydrogens (tertiary/aromatic N) is 3. The van der Waals surface area contributed by atoms with E-state index in [1.54, 1.807) is 0 Å². The van der Waals surface area contributed by atoms with Crippen LogP contribution < -0.4 is 5.32 Å². The Kier molecular flexibility index (Phi) is 4.66. The number of amidine groups is 1. The van der Waals surface area contributed by atoms with E-state index in [0.29, 0.717) is 26.0 Å². The molecule has 2 heterocycles. The first kappa shape index (κ1) is 16.3. The van der Waals surface area contributed by atoms with Crippen LogP contribution in [0.25, 0.3) is 0 Å². The van der Waals surface area contributed by atoms with Gasteiger partial charge in [0.1, 0.15) is 18.5 Å². The van der Waals surface area contributed by atoms with Crippen LogP contribution in [0.3, 0.4) is 0 Å². The van der Waals surface area contributed by atoms with E-state index in [9.17, 15) is 9.59 Å². The van der Waals surface area contributed by atoms with Crippen molar-refractivity contribution in [3.63, 3.8) is 0 Å². The number of urea groups is 1. The van der Waals surface area contributed by atoms with Gasteiger partial charge >= 0.3 is 6.03 Å². The standard InChI is InChI=1S/C16H20N4O4/c1-11(18-23)17-15(21)14-8-7-13-9-19(14)16(22)20(13)24-10-12-5-3-2-4-6-12/h2-6,13-14,23H,7-10H2,1H3,(H,17,18,21)/t13-,14+/m1/s1. The van der Waals surface area contributed by atoms with E-state index < -0.39 is 6.04 Å². The molecule has 2 N–H and O–H groups in total. The first-order valence-corrected chi connectivity index (χ1v) is 7.86. The first-order valence-electron chi connectivity index (χ1n) is 7.86. The fourth-order valence-corrected chi connectivity index (χ4v) is 3.08. The molecule has 0 radical (unpaired) electrons. The van der Waals surface area contributed by atoms with E-state index in [1.165, 1.54) is 16.9 Å². The quantitative estimate of drug-likeness (QED) is 0.376. The van der Waals surface area contributed by atoms with Gasteiger partial charge in [-0.15, -0.1) is 0 Å². The van der Waals surface area contributed by atoms with Crippen molar-refractivity contribution in [2.45, 2.75) is 38.5 Å². The van der Waals surface area contributed by atoms with Crippen molar-refractivity contribution in [1.29, 1.82) is 0 Å². The largest absolute Gasteiger partial charge is 0.409 e. The van der Waals surface area contributed by atoms with Crippen molar-refractivity contribution in [1.82, 2.24) is 15.3 Å². The van der Waals surface area contributed by atoms with Crippen molar-refractivity contribution < 1.29 is 19.6 Å². The summed E-state index contributed by atoms with van der Waals surface area (Å²) in [5, 5.41) is 15.4. The van der Waals surface area contributed by atoms with E-state index in [0.717, 1.165) is 5.56 Å². The number of nitrogens with one attached hydrogen (secondary N) is 1. The summed E-state index contributed by atoms with van der Waals surface area (Å²) in [4.78, 5) is 32.0. The van der Waals surface area contributed by atoms with E-state index in [4.69, 9.17) is 10.0 Å². The fraction of sp³-hybridized carbons (Fsp3) is 0.438. The van der Waals surface area contributed by atoms with Gasteiger partial charge in [-0.2, -0.15) is 5.06 Å². The predicted octanol–water partition coefficient (Wildman–Crippen LogP) is 1.31. The van der Waals surface area contributed by atoms with Crippen molar-refractivity contribution in [3.8, 4) is 0 Å². The molecule has 2 aliphatic heterocycles. The summed E-state index contributed by atoms with van der Waals surface area (Å²) in [5.74, 6) is -0.243. The van der Waals surface area contributed by atoms with E-state index in [-0.39, 0.29) is 23.8 Å². The molecule has 128 valence electrons. The van der Waals surface area contributed by atoms with Gasteiger partial charge in [-0.3, -0.25) is 9.63 Å². The van der Waals surface area contributed by atoms with Crippen LogP contribution in [-0.2, 0) is 16.2 Å². The molecule has 3 amide bonds. The molecule has 1 aromatic carbocycles. The average Bonchev–Trinajstić information content (AvgIpc) is 2.84. The smallest absolute Gasteiger partial charge is 0.345 e. The van der Waals surface area contributed by atoms with E-state index in [2.05, 4.69) is 10.5 Å². The zero-order valence-corrected chi connectivity index (χ0v) is 13.4. The summed E-state index contributed by atoms with van der Waals surface area (Å²) in [5.41, 5.74) is 0.978. The molecule has 0 saturated carbocycles. The van der Waals surface area contributed by atoms with Gasteiger partial charge in [0, 0.05) is 6.54 Å². The van der Waals surface area contributed by atoms with Crippen LogP contribution in [0.4, 0.5) is 4.79 Å². The predicted molar refractivity (Wildman–Crippen MR) is 85.0 cm³/mol. The number of amides is 3. The van der Waals surface area contributed by atoms with Gasteiger partial charge in [-0.1, -0.05) is 35.5 Å². The van der Waals surface area contributed by atoms with Crippen LogP contribution in [0.5, 0.6) is 0 Å². The molecule has 24 heavy (non-hydrogen) atoms. The molecule has 3 rings (SSSR count). The molecule has 1 aromatic rings. The number of fused-ring (bicyclic) bond motifs is 2. The topological polar surface area (TPSA) is 94.5 Å². The Hall–Kier alpha value is -2.61.